The lowest BCUT2D eigenvalue weighted by atomic mass is 10.3. The van der Waals surface area contributed by atoms with Gasteiger partial charge < -0.3 is 4.74 Å². The van der Waals surface area contributed by atoms with E-state index in [9.17, 15) is 0 Å². The molecule has 0 N–H and O–H groups in total. The normalized spacial score (nSPS) is 10.2. The van der Waals surface area contributed by atoms with Crippen LogP contribution in [0.25, 0.3) is 0 Å². The molecule has 5 heteroatoms. The molecule has 0 saturated heterocycles. The second-order valence-electron chi connectivity index (χ2n) is 2.99. The third-order valence-corrected chi connectivity index (χ3v) is 2.81. The van der Waals surface area contributed by atoms with E-state index in [2.05, 4.69) is 20.9 Å². The molecule has 0 amide bonds. The Kier molecular flexibility index (Phi) is 3.69. The second kappa shape index (κ2) is 5.04. The summed E-state index contributed by atoms with van der Waals surface area (Å²) in [7, 11) is 0. The Morgan fingerprint density at radius 3 is 2.56 bits per heavy atom. The Morgan fingerprint density at radius 1 is 1.12 bits per heavy atom. The van der Waals surface area contributed by atoms with E-state index in [-0.39, 0.29) is 0 Å². The van der Waals surface area contributed by atoms with Crippen LogP contribution in [0.5, 0.6) is 11.6 Å². The first-order valence-corrected chi connectivity index (χ1v) is 5.94. The third-order valence-electron chi connectivity index (χ3n) is 1.81. The quantitative estimate of drug-likeness (QED) is 0.782. The summed E-state index contributed by atoms with van der Waals surface area (Å²) >= 11 is 15.0. The molecule has 0 atom stereocenters. The lowest BCUT2D eigenvalue weighted by molar-refractivity contribution is 0.463. The molecule has 0 saturated carbocycles. The SMILES string of the molecule is Clc1ccc(Oc2ccc(Br)cn2)c(Cl)c1. The van der Waals surface area contributed by atoms with Gasteiger partial charge in [0.15, 0.2) is 0 Å². The van der Waals surface area contributed by atoms with Gasteiger partial charge >= 0.3 is 0 Å². The first kappa shape index (κ1) is 11.7. The topological polar surface area (TPSA) is 22.1 Å². The number of nitrogens with zero attached hydrogens (tertiary/aromatic N) is 1. The van der Waals surface area contributed by atoms with Crippen LogP contribution in [0.2, 0.25) is 10.0 Å². The molecule has 0 aliphatic heterocycles. The van der Waals surface area contributed by atoms with Crippen molar-refractivity contribution in [3.8, 4) is 11.6 Å². The highest BCUT2D eigenvalue weighted by molar-refractivity contribution is 9.10. The lowest BCUT2D eigenvalue weighted by Gasteiger charge is -2.06. The van der Waals surface area contributed by atoms with Crippen LogP contribution in [-0.4, -0.2) is 4.98 Å². The van der Waals surface area contributed by atoms with Crippen LogP contribution in [0.3, 0.4) is 0 Å². The van der Waals surface area contributed by atoms with Gasteiger partial charge in [0, 0.05) is 21.8 Å². The molecule has 2 rings (SSSR count). The average Bonchev–Trinajstić information content (AvgIpc) is 2.25. The molecule has 82 valence electrons. The molecule has 0 aliphatic carbocycles. The summed E-state index contributed by atoms with van der Waals surface area (Å²) in [6.45, 7) is 0. The number of halogens is 3. The van der Waals surface area contributed by atoms with Crippen molar-refractivity contribution < 1.29 is 4.74 Å². The van der Waals surface area contributed by atoms with Crippen LogP contribution in [0.4, 0.5) is 0 Å². The molecule has 2 nitrogen and oxygen atoms in total. The number of hydrogen-bond donors (Lipinski definition) is 0. The number of aromatic nitrogens is 1. The molecule has 1 aromatic heterocycles. The molecule has 1 aromatic carbocycles. The molecule has 0 spiro atoms. The van der Waals surface area contributed by atoms with E-state index in [1.165, 1.54) is 0 Å². The minimum absolute atomic E-state index is 0.456. The Balaban J connectivity index is 2.23. The summed E-state index contributed by atoms with van der Waals surface area (Å²) in [5.41, 5.74) is 0. The van der Waals surface area contributed by atoms with Crippen molar-refractivity contribution in [3.63, 3.8) is 0 Å². The van der Waals surface area contributed by atoms with Gasteiger partial charge in [-0.05, 0) is 40.2 Å². The molecular formula is C11H6BrCl2NO. The van der Waals surface area contributed by atoms with Crippen LogP contribution < -0.4 is 4.74 Å². The molecule has 1 heterocycles. The lowest BCUT2D eigenvalue weighted by Crippen LogP contribution is -1.87. The Bertz CT molecular complexity index is 502. The van der Waals surface area contributed by atoms with Crippen molar-refractivity contribution in [3.05, 3.63) is 51.0 Å². The predicted molar refractivity (Wildman–Crippen MR) is 68.5 cm³/mol. The Labute approximate surface area is 111 Å². The standard InChI is InChI=1S/C11H6BrCl2NO/c12-7-1-4-11(15-6-7)16-10-3-2-8(13)5-9(10)14/h1-6H. The fourth-order valence-corrected chi connectivity index (χ4v) is 1.77. The zero-order valence-corrected chi connectivity index (χ0v) is 11.1. The van der Waals surface area contributed by atoms with Crippen LogP contribution in [0.1, 0.15) is 0 Å². The fourth-order valence-electron chi connectivity index (χ4n) is 1.09. The number of ether oxygens (including phenoxy) is 1. The minimum atomic E-state index is 0.456. The van der Waals surface area contributed by atoms with E-state index < -0.39 is 0 Å². The predicted octanol–water partition coefficient (Wildman–Crippen LogP) is 4.94. The molecule has 0 aliphatic rings. The van der Waals surface area contributed by atoms with Gasteiger partial charge in [-0.25, -0.2) is 4.98 Å². The smallest absolute Gasteiger partial charge is 0.219 e. The summed E-state index contributed by atoms with van der Waals surface area (Å²) in [5, 5.41) is 1.03. The highest BCUT2D eigenvalue weighted by Crippen LogP contribution is 2.30. The molecule has 0 radical (unpaired) electrons. The molecule has 16 heavy (non-hydrogen) atoms. The maximum atomic E-state index is 5.96. The van der Waals surface area contributed by atoms with E-state index >= 15 is 0 Å². The zero-order chi connectivity index (χ0) is 11.5. The summed E-state index contributed by atoms with van der Waals surface area (Å²) in [5.74, 6) is 1.01. The first-order valence-electron chi connectivity index (χ1n) is 4.39. The van der Waals surface area contributed by atoms with Gasteiger partial charge in [0.2, 0.25) is 5.88 Å². The third kappa shape index (κ3) is 2.88. The van der Waals surface area contributed by atoms with Gasteiger partial charge in [0.25, 0.3) is 0 Å². The summed E-state index contributed by atoms with van der Waals surface area (Å²) in [6, 6.07) is 8.62. The van der Waals surface area contributed by atoms with Crippen molar-refractivity contribution in [2.75, 3.05) is 0 Å². The van der Waals surface area contributed by atoms with E-state index in [0.717, 1.165) is 4.47 Å². The molecule has 2 aromatic rings. The first-order chi connectivity index (χ1) is 7.65. The van der Waals surface area contributed by atoms with Gasteiger partial charge in [-0.3, -0.25) is 0 Å². The zero-order valence-electron chi connectivity index (χ0n) is 7.95. The monoisotopic (exact) mass is 317 g/mol. The van der Waals surface area contributed by atoms with Crippen LogP contribution >= 0.6 is 39.1 Å². The van der Waals surface area contributed by atoms with Gasteiger partial charge in [0.05, 0.1) is 5.02 Å². The second-order valence-corrected chi connectivity index (χ2v) is 4.75. The number of pyridine rings is 1. The Hall–Kier alpha value is -0.770. The minimum Gasteiger partial charge on any atom is -0.437 e. The average molecular weight is 319 g/mol. The molecule has 0 unspecified atom stereocenters. The van der Waals surface area contributed by atoms with Crippen molar-refractivity contribution >= 4 is 39.1 Å². The van der Waals surface area contributed by atoms with E-state index in [4.69, 9.17) is 27.9 Å². The van der Waals surface area contributed by atoms with Crippen LogP contribution in [-0.2, 0) is 0 Å². The highest BCUT2D eigenvalue weighted by atomic mass is 79.9. The summed E-state index contributed by atoms with van der Waals surface area (Å²) in [4.78, 5) is 4.08. The number of benzene rings is 1. The summed E-state index contributed by atoms with van der Waals surface area (Å²) < 4.78 is 6.39. The van der Waals surface area contributed by atoms with Crippen molar-refractivity contribution in [1.29, 1.82) is 0 Å². The molecule has 0 bridgehead atoms. The maximum Gasteiger partial charge on any atom is 0.219 e. The van der Waals surface area contributed by atoms with Crippen LogP contribution in [0.15, 0.2) is 41.0 Å². The van der Waals surface area contributed by atoms with E-state index in [1.807, 2.05) is 6.07 Å². The van der Waals surface area contributed by atoms with E-state index in [1.54, 1.807) is 30.5 Å². The van der Waals surface area contributed by atoms with Gasteiger partial charge in [-0.2, -0.15) is 0 Å². The van der Waals surface area contributed by atoms with E-state index in [0.29, 0.717) is 21.7 Å². The van der Waals surface area contributed by atoms with Gasteiger partial charge in [-0.1, -0.05) is 23.2 Å². The highest BCUT2D eigenvalue weighted by Gasteiger charge is 2.04. The molecular weight excluding hydrogens is 313 g/mol. The van der Waals surface area contributed by atoms with Crippen molar-refractivity contribution in [2.45, 2.75) is 0 Å². The Morgan fingerprint density at radius 2 is 1.94 bits per heavy atom. The van der Waals surface area contributed by atoms with Crippen molar-refractivity contribution in [1.82, 2.24) is 4.98 Å². The van der Waals surface area contributed by atoms with Crippen LogP contribution in [0, 0.1) is 0 Å². The fraction of sp³-hybridized carbons (Fsp3) is 0. The number of hydrogen-bond acceptors (Lipinski definition) is 2. The largest absolute Gasteiger partial charge is 0.437 e. The molecule has 0 fully saturated rings. The van der Waals surface area contributed by atoms with Gasteiger partial charge in [-0.15, -0.1) is 0 Å². The van der Waals surface area contributed by atoms with Gasteiger partial charge in [0.1, 0.15) is 5.75 Å². The number of rotatable bonds is 2. The summed E-state index contributed by atoms with van der Waals surface area (Å²) in [6.07, 6.45) is 1.65. The maximum absolute atomic E-state index is 5.96. The van der Waals surface area contributed by atoms with Crippen molar-refractivity contribution in [2.24, 2.45) is 0 Å².